The van der Waals surface area contributed by atoms with Crippen molar-refractivity contribution in [3.63, 3.8) is 0 Å². The number of nitrogens with zero attached hydrogens (tertiary/aromatic N) is 1. The third-order valence-corrected chi connectivity index (χ3v) is 10.1. The Bertz CT molecular complexity index is 1640. The first-order valence-electron chi connectivity index (χ1n) is 18.4. The van der Waals surface area contributed by atoms with Gasteiger partial charge in [0.15, 0.2) is 12.4 Å². The molecule has 2 saturated heterocycles. The molecule has 0 unspecified atom stereocenters. The first-order valence-corrected chi connectivity index (χ1v) is 18.4. The van der Waals surface area contributed by atoms with Crippen molar-refractivity contribution in [2.45, 2.75) is 114 Å². The highest BCUT2D eigenvalue weighted by atomic mass is 16.7. The number of hydrogen-bond donors (Lipinski definition) is 9. The number of carbonyl (C=O) groups excluding carboxylic acids is 5. The molecule has 11 N–H and O–H groups in total. The quantitative estimate of drug-likeness (QED) is 0.0816. The van der Waals surface area contributed by atoms with Gasteiger partial charge in [-0.3, -0.25) is 24.0 Å². The molecule has 0 aromatic heterocycles. The van der Waals surface area contributed by atoms with Gasteiger partial charge in [-0.1, -0.05) is 30.3 Å². The molecule has 0 aliphatic carbocycles. The maximum atomic E-state index is 13.8. The number of aromatic hydroxyl groups is 1. The molecule has 55 heavy (non-hydrogen) atoms. The van der Waals surface area contributed by atoms with E-state index >= 15 is 0 Å². The van der Waals surface area contributed by atoms with Gasteiger partial charge in [-0.15, -0.1) is 0 Å². The van der Waals surface area contributed by atoms with E-state index in [1.807, 2.05) is 19.9 Å². The molecule has 0 radical (unpaired) electrons. The Morgan fingerprint density at radius 3 is 2.24 bits per heavy atom. The Morgan fingerprint density at radius 2 is 1.60 bits per heavy atom. The fourth-order valence-corrected chi connectivity index (χ4v) is 7.05. The van der Waals surface area contributed by atoms with E-state index in [0.717, 1.165) is 22.3 Å². The van der Waals surface area contributed by atoms with Crippen LogP contribution in [-0.2, 0) is 46.3 Å². The molecule has 4 rings (SSSR count). The van der Waals surface area contributed by atoms with Crippen LogP contribution < -0.4 is 27.4 Å². The van der Waals surface area contributed by atoms with E-state index in [-0.39, 0.29) is 31.6 Å². The van der Waals surface area contributed by atoms with E-state index in [1.165, 1.54) is 12.0 Å². The molecule has 17 heteroatoms. The van der Waals surface area contributed by atoms with Crippen LogP contribution in [0.3, 0.4) is 0 Å². The summed E-state index contributed by atoms with van der Waals surface area (Å²) in [5, 5.41) is 48.1. The number of primary amides is 1. The molecule has 2 aromatic carbocycles. The standard InChI is InChI=1S/C38H54N6O11/c1-20-16-23(45)17-21(2)24(20)19-25(39)37(53)44-15-9-13-28(44)35(51)43-27(18-22-10-5-4-6-11-22)34(50)42-26(33(40)49)12-7-8-14-41-36(52)32-30(47)29(46)31(48)38(54-3)55-32/h4-6,10-11,16-17,25-32,38,45-48H,7-9,12-15,18-19,39H2,1-3H3,(H2,40,49)(H,41,52)(H,42,50)(H,43,51)/t25-,26-,27-,28-,29-,30-,31+,32-,38+/m0/s1. The van der Waals surface area contributed by atoms with E-state index in [4.69, 9.17) is 20.9 Å². The molecule has 0 spiro atoms. The van der Waals surface area contributed by atoms with Crippen LogP contribution in [0.1, 0.15) is 54.4 Å². The molecule has 2 heterocycles. The lowest BCUT2D eigenvalue weighted by Gasteiger charge is -2.38. The van der Waals surface area contributed by atoms with Crippen LogP contribution in [0.25, 0.3) is 0 Å². The van der Waals surface area contributed by atoms with E-state index in [2.05, 4.69) is 16.0 Å². The van der Waals surface area contributed by atoms with Gasteiger partial charge in [0.2, 0.25) is 23.6 Å². The van der Waals surface area contributed by atoms with Gasteiger partial charge in [0.05, 0.1) is 6.04 Å². The number of phenols is 1. The summed E-state index contributed by atoms with van der Waals surface area (Å²) in [4.78, 5) is 67.6. The third kappa shape index (κ3) is 11.2. The molecule has 2 fully saturated rings. The SMILES string of the molecule is CO[C@@H]1O[C@H](C(=O)NCCCC[C@H](NC(=O)[C@H](Cc2ccccc2)NC(=O)[C@@H]2CCCN2C(=O)[C@@H](N)Cc2c(C)cc(O)cc2C)C(N)=O)[C@@H](O)[C@H](O)[C@H]1O. The second-order valence-corrected chi connectivity index (χ2v) is 14.2. The van der Waals surface area contributed by atoms with Gasteiger partial charge < -0.3 is 62.2 Å². The Labute approximate surface area is 319 Å². The minimum atomic E-state index is -1.69. The van der Waals surface area contributed by atoms with Crippen molar-refractivity contribution in [3.05, 3.63) is 64.7 Å². The van der Waals surface area contributed by atoms with Gasteiger partial charge >= 0.3 is 0 Å². The smallest absolute Gasteiger partial charge is 0.252 e. The van der Waals surface area contributed by atoms with Crippen molar-refractivity contribution in [1.29, 1.82) is 0 Å². The summed E-state index contributed by atoms with van der Waals surface area (Å²) in [6, 6.07) is 8.11. The Balaban J connectivity index is 1.35. The number of methoxy groups -OCH3 is 1. The fourth-order valence-electron chi connectivity index (χ4n) is 7.05. The number of ether oxygens (including phenoxy) is 2. The van der Waals surface area contributed by atoms with Crippen LogP contribution in [-0.4, -0.2) is 130 Å². The molecule has 17 nitrogen and oxygen atoms in total. The number of aliphatic hydroxyl groups excluding tert-OH is 3. The van der Waals surface area contributed by atoms with E-state index < -0.39 is 84.4 Å². The van der Waals surface area contributed by atoms with Gasteiger partial charge in [0, 0.05) is 26.6 Å². The summed E-state index contributed by atoms with van der Waals surface area (Å²) >= 11 is 0. The highest BCUT2D eigenvalue weighted by molar-refractivity contribution is 5.95. The molecule has 2 aliphatic rings. The molecule has 5 amide bonds. The van der Waals surface area contributed by atoms with Crippen molar-refractivity contribution in [2.24, 2.45) is 11.5 Å². The number of rotatable bonds is 17. The van der Waals surface area contributed by atoms with Crippen LogP contribution in [0.2, 0.25) is 0 Å². The van der Waals surface area contributed by atoms with Crippen molar-refractivity contribution in [2.75, 3.05) is 20.2 Å². The number of nitrogens with two attached hydrogens (primary N) is 2. The number of hydrogen-bond acceptors (Lipinski definition) is 12. The van der Waals surface area contributed by atoms with E-state index in [1.54, 1.807) is 36.4 Å². The average Bonchev–Trinajstić information content (AvgIpc) is 3.64. The molecule has 9 atom stereocenters. The number of carbonyl (C=O) groups is 5. The monoisotopic (exact) mass is 770 g/mol. The third-order valence-electron chi connectivity index (χ3n) is 10.1. The van der Waals surface area contributed by atoms with Crippen molar-refractivity contribution >= 4 is 29.5 Å². The second kappa shape index (κ2) is 19.8. The number of benzene rings is 2. The van der Waals surface area contributed by atoms with Crippen LogP contribution in [0.15, 0.2) is 42.5 Å². The van der Waals surface area contributed by atoms with Crippen molar-refractivity contribution < 1.29 is 53.9 Å². The summed E-state index contributed by atoms with van der Waals surface area (Å²) in [5.41, 5.74) is 15.2. The number of aliphatic hydroxyl groups is 3. The highest BCUT2D eigenvalue weighted by Crippen LogP contribution is 2.25. The Morgan fingerprint density at radius 1 is 0.927 bits per heavy atom. The maximum Gasteiger partial charge on any atom is 0.252 e. The zero-order chi connectivity index (χ0) is 40.4. The molecular weight excluding hydrogens is 716 g/mol. The zero-order valence-electron chi connectivity index (χ0n) is 31.4. The van der Waals surface area contributed by atoms with Gasteiger partial charge in [0.25, 0.3) is 5.91 Å². The van der Waals surface area contributed by atoms with Gasteiger partial charge in [0.1, 0.15) is 42.2 Å². The predicted molar refractivity (Wildman–Crippen MR) is 198 cm³/mol. The number of unbranched alkanes of at least 4 members (excludes halogenated alkanes) is 1. The first kappa shape index (κ1) is 43.1. The number of nitrogens with one attached hydrogen (secondary N) is 3. The molecule has 0 bridgehead atoms. The predicted octanol–water partition coefficient (Wildman–Crippen LogP) is -1.69. The second-order valence-electron chi connectivity index (χ2n) is 14.2. The Kier molecular flexibility index (Phi) is 15.5. The molecule has 0 saturated carbocycles. The summed E-state index contributed by atoms with van der Waals surface area (Å²) in [6.07, 6.45) is -5.76. The number of phenolic OH excluding ortho intramolecular Hbond substituents is 1. The molecular formula is C38H54N6O11. The van der Waals surface area contributed by atoms with Crippen molar-refractivity contribution in [3.8, 4) is 5.75 Å². The minimum Gasteiger partial charge on any atom is -0.508 e. The van der Waals surface area contributed by atoms with Crippen LogP contribution >= 0.6 is 0 Å². The van der Waals surface area contributed by atoms with Crippen LogP contribution in [0, 0.1) is 13.8 Å². The Hall–Kier alpha value is -4.65. The fraction of sp³-hybridized carbons (Fsp3) is 0.553. The minimum absolute atomic E-state index is 0.0836. The average molecular weight is 771 g/mol. The zero-order valence-corrected chi connectivity index (χ0v) is 31.4. The molecule has 2 aromatic rings. The lowest BCUT2D eigenvalue weighted by atomic mass is 9.95. The van der Waals surface area contributed by atoms with Crippen LogP contribution in [0.5, 0.6) is 5.75 Å². The summed E-state index contributed by atoms with van der Waals surface area (Å²) in [5.74, 6) is -3.03. The van der Waals surface area contributed by atoms with Crippen molar-refractivity contribution in [1.82, 2.24) is 20.9 Å². The van der Waals surface area contributed by atoms with Gasteiger partial charge in [-0.05, 0) is 86.8 Å². The maximum absolute atomic E-state index is 13.8. The largest absolute Gasteiger partial charge is 0.508 e. The first-order chi connectivity index (χ1) is 26.1. The number of likely N-dealkylation sites (tertiary alicyclic amines) is 1. The number of amides is 5. The lowest BCUT2D eigenvalue weighted by molar-refractivity contribution is -0.283. The van der Waals surface area contributed by atoms with E-state index in [9.17, 15) is 44.4 Å². The summed E-state index contributed by atoms with van der Waals surface area (Å²) in [7, 11) is 1.21. The number of aryl methyl sites for hydroxylation is 2. The summed E-state index contributed by atoms with van der Waals surface area (Å²) < 4.78 is 10.2. The highest BCUT2D eigenvalue weighted by Gasteiger charge is 2.47. The lowest BCUT2D eigenvalue weighted by Crippen LogP contribution is -2.61. The molecule has 2 aliphatic heterocycles. The van der Waals surface area contributed by atoms with Gasteiger partial charge in [-0.2, -0.15) is 0 Å². The molecule has 302 valence electrons. The topological polar surface area (TPSA) is 276 Å². The summed E-state index contributed by atoms with van der Waals surface area (Å²) in [6.45, 7) is 4.05. The van der Waals surface area contributed by atoms with Gasteiger partial charge in [-0.25, -0.2) is 0 Å². The normalized spacial score (nSPS) is 24.0. The van der Waals surface area contributed by atoms with Crippen LogP contribution in [0.4, 0.5) is 0 Å². The van der Waals surface area contributed by atoms with E-state index in [0.29, 0.717) is 32.2 Å².